The Bertz CT molecular complexity index is 380. The van der Waals surface area contributed by atoms with Crippen LogP contribution in [0.1, 0.15) is 17.7 Å². The van der Waals surface area contributed by atoms with Crippen LogP contribution < -0.4 is 0 Å². The topological polar surface area (TPSA) is 29.5 Å². The zero-order valence-corrected chi connectivity index (χ0v) is 10.7. The molecule has 0 amide bonds. The van der Waals surface area contributed by atoms with Crippen molar-refractivity contribution in [3.8, 4) is 0 Å². The second-order valence-electron chi connectivity index (χ2n) is 4.64. The lowest BCUT2D eigenvalue weighted by Gasteiger charge is -2.47. The molecule has 1 saturated heterocycles. The first-order valence-corrected chi connectivity index (χ1v) is 6.83. The number of halogens is 1. The summed E-state index contributed by atoms with van der Waals surface area (Å²) in [5, 5.41) is 11.7. The van der Waals surface area contributed by atoms with Crippen molar-refractivity contribution >= 4 is 27.3 Å². The summed E-state index contributed by atoms with van der Waals surface area (Å²) < 4.78 is 6.55. The largest absolute Gasteiger partial charge is 0.396 e. The smallest absolute Gasteiger partial charge is 0.0599 e. The van der Waals surface area contributed by atoms with Crippen molar-refractivity contribution in [2.75, 3.05) is 19.8 Å². The van der Waals surface area contributed by atoms with Crippen molar-refractivity contribution in [3.63, 3.8) is 0 Å². The molecule has 82 valence electrons. The lowest BCUT2D eigenvalue weighted by Crippen LogP contribution is -2.54. The standard InChI is InChI=1S/C11H13BrO2S/c12-8-3-9(15-4-8)11(6-14-7-11)10(5-13)1-2-10/h3-4,13H,1-2,5-7H2. The number of rotatable bonds is 3. The Kier molecular flexibility index (Phi) is 2.26. The number of aliphatic hydroxyl groups is 1. The van der Waals surface area contributed by atoms with Gasteiger partial charge in [0.2, 0.25) is 0 Å². The van der Waals surface area contributed by atoms with E-state index in [1.54, 1.807) is 11.3 Å². The van der Waals surface area contributed by atoms with Gasteiger partial charge in [-0.2, -0.15) is 0 Å². The van der Waals surface area contributed by atoms with Crippen LogP contribution in [-0.2, 0) is 10.2 Å². The van der Waals surface area contributed by atoms with Gasteiger partial charge in [0.25, 0.3) is 0 Å². The maximum absolute atomic E-state index is 9.56. The van der Waals surface area contributed by atoms with Gasteiger partial charge in [-0.25, -0.2) is 0 Å². The fourth-order valence-corrected chi connectivity index (χ4v) is 4.24. The van der Waals surface area contributed by atoms with E-state index >= 15 is 0 Å². The van der Waals surface area contributed by atoms with Crippen molar-refractivity contribution in [3.05, 3.63) is 20.8 Å². The molecule has 1 aliphatic carbocycles. The lowest BCUT2D eigenvalue weighted by molar-refractivity contribution is -0.108. The molecule has 1 aliphatic heterocycles. The number of hydrogen-bond donors (Lipinski definition) is 1. The minimum Gasteiger partial charge on any atom is -0.396 e. The van der Waals surface area contributed by atoms with E-state index in [1.165, 1.54) is 4.88 Å². The molecular formula is C11H13BrO2S. The molecule has 0 unspecified atom stereocenters. The number of ether oxygens (including phenoxy) is 1. The maximum Gasteiger partial charge on any atom is 0.0599 e. The molecule has 4 heteroatoms. The van der Waals surface area contributed by atoms with Crippen LogP contribution in [0.15, 0.2) is 15.9 Å². The van der Waals surface area contributed by atoms with Crippen molar-refractivity contribution < 1.29 is 9.84 Å². The van der Waals surface area contributed by atoms with E-state index in [9.17, 15) is 5.11 Å². The van der Waals surface area contributed by atoms with Crippen LogP contribution in [0, 0.1) is 5.41 Å². The number of aliphatic hydroxyl groups excluding tert-OH is 1. The second kappa shape index (κ2) is 3.29. The zero-order valence-electron chi connectivity index (χ0n) is 8.33. The van der Waals surface area contributed by atoms with Crippen molar-refractivity contribution in [2.45, 2.75) is 18.3 Å². The summed E-state index contributed by atoms with van der Waals surface area (Å²) in [6, 6.07) is 2.18. The first-order valence-electron chi connectivity index (χ1n) is 5.16. The first kappa shape index (κ1) is 10.3. The molecule has 3 rings (SSSR count). The van der Waals surface area contributed by atoms with Gasteiger partial charge in [0, 0.05) is 26.8 Å². The van der Waals surface area contributed by atoms with Gasteiger partial charge in [-0.3, -0.25) is 0 Å². The van der Waals surface area contributed by atoms with Gasteiger partial charge in [0.15, 0.2) is 0 Å². The molecule has 1 saturated carbocycles. The van der Waals surface area contributed by atoms with Crippen LogP contribution in [0.2, 0.25) is 0 Å². The van der Waals surface area contributed by atoms with E-state index in [2.05, 4.69) is 27.4 Å². The normalized spacial score (nSPS) is 26.0. The van der Waals surface area contributed by atoms with Crippen molar-refractivity contribution in [2.24, 2.45) is 5.41 Å². The third-order valence-electron chi connectivity index (χ3n) is 3.91. The molecule has 2 heterocycles. The van der Waals surface area contributed by atoms with E-state index in [0.717, 1.165) is 30.5 Å². The van der Waals surface area contributed by atoms with E-state index in [0.29, 0.717) is 6.61 Å². The predicted octanol–water partition coefficient (Wildman–Crippen LogP) is 2.55. The van der Waals surface area contributed by atoms with Crippen LogP contribution in [-0.4, -0.2) is 24.9 Å². The molecule has 1 aromatic rings. The Morgan fingerprint density at radius 1 is 1.47 bits per heavy atom. The Morgan fingerprint density at radius 3 is 2.53 bits per heavy atom. The SMILES string of the molecule is OCC1(C2(c3cc(Br)cs3)COC2)CC1. The van der Waals surface area contributed by atoms with Crippen LogP contribution in [0.4, 0.5) is 0 Å². The van der Waals surface area contributed by atoms with Gasteiger partial charge in [-0.05, 0) is 34.8 Å². The van der Waals surface area contributed by atoms with Gasteiger partial charge in [-0.15, -0.1) is 11.3 Å². The summed E-state index contributed by atoms with van der Waals surface area (Å²) in [7, 11) is 0. The molecule has 0 radical (unpaired) electrons. The molecule has 0 bridgehead atoms. The molecule has 0 aromatic carbocycles. The summed E-state index contributed by atoms with van der Waals surface area (Å²) in [6.45, 7) is 1.85. The number of thiophene rings is 1. The van der Waals surface area contributed by atoms with Gasteiger partial charge in [0.05, 0.1) is 18.6 Å². The molecule has 2 fully saturated rings. The average Bonchev–Trinajstić information content (AvgIpc) is 2.83. The van der Waals surface area contributed by atoms with Crippen LogP contribution in [0.5, 0.6) is 0 Å². The average molecular weight is 289 g/mol. The van der Waals surface area contributed by atoms with Crippen LogP contribution in [0.25, 0.3) is 0 Å². The minimum atomic E-state index is 0.110. The highest BCUT2D eigenvalue weighted by Gasteiger charge is 2.63. The first-order chi connectivity index (χ1) is 7.22. The maximum atomic E-state index is 9.56. The van der Waals surface area contributed by atoms with Crippen molar-refractivity contribution in [1.29, 1.82) is 0 Å². The molecule has 15 heavy (non-hydrogen) atoms. The quantitative estimate of drug-likeness (QED) is 0.926. The monoisotopic (exact) mass is 288 g/mol. The van der Waals surface area contributed by atoms with Crippen LogP contribution in [0.3, 0.4) is 0 Å². The summed E-state index contributed by atoms with van der Waals surface area (Å²) in [4.78, 5) is 1.37. The zero-order chi connectivity index (χ0) is 10.5. The summed E-state index contributed by atoms with van der Waals surface area (Å²) in [6.07, 6.45) is 2.28. The highest BCUT2D eigenvalue weighted by atomic mass is 79.9. The Balaban J connectivity index is 1.99. The van der Waals surface area contributed by atoms with Gasteiger partial charge >= 0.3 is 0 Å². The van der Waals surface area contributed by atoms with E-state index in [1.807, 2.05) is 0 Å². The van der Waals surface area contributed by atoms with E-state index in [-0.39, 0.29) is 10.8 Å². The van der Waals surface area contributed by atoms with Gasteiger partial charge in [-0.1, -0.05) is 0 Å². The molecule has 0 atom stereocenters. The Morgan fingerprint density at radius 2 is 2.20 bits per heavy atom. The Labute approximate surface area is 101 Å². The van der Waals surface area contributed by atoms with Crippen LogP contribution >= 0.6 is 27.3 Å². The lowest BCUT2D eigenvalue weighted by atomic mass is 9.70. The summed E-state index contributed by atoms with van der Waals surface area (Å²) >= 11 is 5.27. The highest BCUT2D eigenvalue weighted by molar-refractivity contribution is 9.10. The number of hydrogen-bond acceptors (Lipinski definition) is 3. The fourth-order valence-electron chi connectivity index (χ4n) is 2.52. The molecule has 2 nitrogen and oxygen atoms in total. The highest BCUT2D eigenvalue weighted by Crippen LogP contribution is 2.63. The molecule has 1 aromatic heterocycles. The predicted molar refractivity (Wildman–Crippen MR) is 63.3 cm³/mol. The third kappa shape index (κ3) is 1.28. The third-order valence-corrected chi connectivity index (χ3v) is 5.80. The molecular weight excluding hydrogens is 276 g/mol. The van der Waals surface area contributed by atoms with E-state index < -0.39 is 0 Å². The minimum absolute atomic E-state index is 0.110. The van der Waals surface area contributed by atoms with Crippen molar-refractivity contribution in [1.82, 2.24) is 0 Å². The fraction of sp³-hybridized carbons (Fsp3) is 0.636. The Hall–Kier alpha value is 0.1000. The summed E-state index contributed by atoms with van der Waals surface area (Å²) in [5.74, 6) is 0. The summed E-state index contributed by atoms with van der Waals surface area (Å²) in [5.41, 5.74) is 0.230. The van der Waals surface area contributed by atoms with Gasteiger partial charge < -0.3 is 9.84 Å². The van der Waals surface area contributed by atoms with E-state index in [4.69, 9.17) is 4.74 Å². The molecule has 2 aliphatic rings. The molecule has 1 N–H and O–H groups in total. The van der Waals surface area contributed by atoms with Gasteiger partial charge in [0.1, 0.15) is 0 Å². The molecule has 0 spiro atoms. The second-order valence-corrected chi connectivity index (χ2v) is 6.47.